The zero-order chi connectivity index (χ0) is 10.6. The maximum absolute atomic E-state index is 4.18. The lowest BCUT2D eigenvalue weighted by molar-refractivity contribution is 1.15. The van der Waals surface area contributed by atoms with Crippen LogP contribution in [0.5, 0.6) is 0 Å². The predicted molar refractivity (Wildman–Crippen MR) is 64.5 cm³/mol. The van der Waals surface area contributed by atoms with E-state index in [4.69, 9.17) is 0 Å². The first kappa shape index (κ1) is 11.2. The summed E-state index contributed by atoms with van der Waals surface area (Å²) in [5, 5.41) is 1.22. The van der Waals surface area contributed by atoms with Crippen LogP contribution in [0.3, 0.4) is 0 Å². The maximum atomic E-state index is 4.18. The number of halogens is 1. The molecule has 3 heteroatoms. The van der Waals surface area contributed by atoms with Gasteiger partial charge in [-0.05, 0) is 34.0 Å². The SMILES string of the molecule is CC.CCc1c[nH]c2cc(Br)ncc12. The standard InChI is InChI=1S/C9H9BrN2.C2H6/c1-2-6-4-11-8-3-9(10)12-5-7(6)8;1-2/h3-5,11H,2H2,1H3;1-2H3. The van der Waals surface area contributed by atoms with Crippen LogP contribution in [0.2, 0.25) is 0 Å². The van der Waals surface area contributed by atoms with E-state index in [0.29, 0.717) is 0 Å². The van der Waals surface area contributed by atoms with E-state index in [1.165, 1.54) is 10.9 Å². The summed E-state index contributed by atoms with van der Waals surface area (Å²) in [5.41, 5.74) is 2.47. The number of aryl methyl sites for hydroxylation is 1. The lowest BCUT2D eigenvalue weighted by Gasteiger charge is -1.92. The van der Waals surface area contributed by atoms with E-state index in [1.807, 2.05) is 32.3 Å². The molecular weight excluding hydrogens is 240 g/mol. The second kappa shape index (κ2) is 5.15. The molecule has 0 radical (unpaired) electrons. The van der Waals surface area contributed by atoms with Crippen molar-refractivity contribution in [1.82, 2.24) is 9.97 Å². The fourth-order valence-electron chi connectivity index (χ4n) is 1.34. The number of hydrogen-bond acceptors (Lipinski definition) is 1. The van der Waals surface area contributed by atoms with Gasteiger partial charge in [0.2, 0.25) is 0 Å². The summed E-state index contributed by atoms with van der Waals surface area (Å²) in [6.07, 6.45) is 4.98. The molecule has 0 saturated carbocycles. The summed E-state index contributed by atoms with van der Waals surface area (Å²) in [7, 11) is 0. The quantitative estimate of drug-likeness (QED) is 0.769. The molecule has 0 bridgehead atoms. The van der Waals surface area contributed by atoms with E-state index in [9.17, 15) is 0 Å². The molecule has 76 valence electrons. The smallest absolute Gasteiger partial charge is 0.108 e. The van der Waals surface area contributed by atoms with E-state index >= 15 is 0 Å². The van der Waals surface area contributed by atoms with E-state index in [-0.39, 0.29) is 0 Å². The van der Waals surface area contributed by atoms with Gasteiger partial charge in [-0.15, -0.1) is 0 Å². The highest BCUT2D eigenvalue weighted by Crippen LogP contribution is 2.20. The van der Waals surface area contributed by atoms with Crippen molar-refractivity contribution in [3.63, 3.8) is 0 Å². The van der Waals surface area contributed by atoms with Crippen LogP contribution in [0.4, 0.5) is 0 Å². The molecule has 1 N–H and O–H groups in total. The summed E-state index contributed by atoms with van der Waals surface area (Å²) in [4.78, 5) is 7.39. The van der Waals surface area contributed by atoms with Gasteiger partial charge in [-0.1, -0.05) is 20.8 Å². The summed E-state index contributed by atoms with van der Waals surface area (Å²) in [6, 6.07) is 1.99. The highest BCUT2D eigenvalue weighted by Gasteiger charge is 2.01. The second-order valence-electron chi connectivity index (χ2n) is 2.72. The Balaban J connectivity index is 0.000000461. The Bertz CT molecular complexity index is 407. The third-order valence-electron chi connectivity index (χ3n) is 2.00. The first-order valence-electron chi connectivity index (χ1n) is 4.92. The molecule has 2 aromatic heterocycles. The fourth-order valence-corrected chi connectivity index (χ4v) is 1.67. The number of fused-ring (bicyclic) bond motifs is 1. The molecule has 2 nitrogen and oxygen atoms in total. The van der Waals surface area contributed by atoms with Gasteiger partial charge in [0.25, 0.3) is 0 Å². The topological polar surface area (TPSA) is 28.7 Å². The van der Waals surface area contributed by atoms with E-state index in [0.717, 1.165) is 16.5 Å². The molecule has 2 rings (SSSR count). The van der Waals surface area contributed by atoms with Gasteiger partial charge >= 0.3 is 0 Å². The largest absolute Gasteiger partial charge is 0.361 e. The lowest BCUT2D eigenvalue weighted by Crippen LogP contribution is -1.78. The van der Waals surface area contributed by atoms with Gasteiger partial charge < -0.3 is 4.98 Å². The van der Waals surface area contributed by atoms with Crippen LogP contribution in [0.15, 0.2) is 23.1 Å². The first-order valence-corrected chi connectivity index (χ1v) is 5.72. The second-order valence-corrected chi connectivity index (χ2v) is 3.53. The zero-order valence-electron chi connectivity index (χ0n) is 8.76. The van der Waals surface area contributed by atoms with Gasteiger partial charge in [-0.2, -0.15) is 0 Å². The number of nitrogens with zero attached hydrogens (tertiary/aromatic N) is 1. The van der Waals surface area contributed by atoms with Crippen molar-refractivity contribution in [3.05, 3.63) is 28.6 Å². The number of aromatic amines is 1. The van der Waals surface area contributed by atoms with E-state index in [2.05, 4.69) is 32.8 Å². The van der Waals surface area contributed by atoms with Gasteiger partial charge in [0, 0.05) is 23.3 Å². The average molecular weight is 255 g/mol. The van der Waals surface area contributed by atoms with Crippen molar-refractivity contribution in [2.45, 2.75) is 27.2 Å². The molecule has 2 heterocycles. The molecule has 0 fully saturated rings. The first-order chi connectivity index (χ1) is 6.81. The monoisotopic (exact) mass is 254 g/mol. The molecular formula is C11H15BrN2. The molecule has 0 unspecified atom stereocenters. The van der Waals surface area contributed by atoms with E-state index in [1.54, 1.807) is 0 Å². The van der Waals surface area contributed by atoms with Crippen molar-refractivity contribution in [1.29, 1.82) is 0 Å². The summed E-state index contributed by atoms with van der Waals surface area (Å²) >= 11 is 3.33. The minimum absolute atomic E-state index is 0.875. The third kappa shape index (κ3) is 2.15. The van der Waals surface area contributed by atoms with Gasteiger partial charge in [0.15, 0.2) is 0 Å². The minimum Gasteiger partial charge on any atom is -0.361 e. The summed E-state index contributed by atoms with van der Waals surface area (Å²) < 4.78 is 0.875. The van der Waals surface area contributed by atoms with Crippen LogP contribution < -0.4 is 0 Å². The van der Waals surface area contributed by atoms with Crippen molar-refractivity contribution in [3.8, 4) is 0 Å². The number of H-pyrrole nitrogens is 1. The molecule has 0 saturated heterocycles. The van der Waals surface area contributed by atoms with Crippen LogP contribution in [0.1, 0.15) is 26.3 Å². The number of pyridine rings is 1. The van der Waals surface area contributed by atoms with Crippen LogP contribution in [-0.2, 0) is 6.42 Å². The third-order valence-corrected chi connectivity index (χ3v) is 2.43. The van der Waals surface area contributed by atoms with Crippen LogP contribution in [0.25, 0.3) is 10.9 Å². The Labute approximate surface area is 92.9 Å². The molecule has 14 heavy (non-hydrogen) atoms. The Morgan fingerprint density at radius 2 is 2.14 bits per heavy atom. The Morgan fingerprint density at radius 3 is 2.79 bits per heavy atom. The summed E-state index contributed by atoms with van der Waals surface area (Å²) in [6.45, 7) is 6.14. The molecule has 0 amide bonds. The normalized spacial score (nSPS) is 9.71. The van der Waals surface area contributed by atoms with Gasteiger partial charge in [-0.3, -0.25) is 0 Å². The molecule has 0 atom stereocenters. The summed E-state index contributed by atoms with van der Waals surface area (Å²) in [5.74, 6) is 0. The average Bonchev–Trinajstić information content (AvgIpc) is 2.62. The van der Waals surface area contributed by atoms with Crippen LogP contribution >= 0.6 is 15.9 Å². The van der Waals surface area contributed by atoms with Crippen molar-refractivity contribution >= 4 is 26.8 Å². The van der Waals surface area contributed by atoms with Crippen molar-refractivity contribution in [2.24, 2.45) is 0 Å². The zero-order valence-corrected chi connectivity index (χ0v) is 10.4. The highest BCUT2D eigenvalue weighted by atomic mass is 79.9. The number of rotatable bonds is 1. The predicted octanol–water partition coefficient (Wildman–Crippen LogP) is 3.91. The van der Waals surface area contributed by atoms with Crippen LogP contribution in [0, 0.1) is 0 Å². The van der Waals surface area contributed by atoms with E-state index < -0.39 is 0 Å². The molecule has 0 aliphatic carbocycles. The molecule has 2 aromatic rings. The van der Waals surface area contributed by atoms with Gasteiger partial charge in [0.05, 0.1) is 0 Å². The molecule has 0 aliphatic rings. The Morgan fingerprint density at radius 1 is 1.43 bits per heavy atom. The Hall–Kier alpha value is -0.830. The fraction of sp³-hybridized carbons (Fsp3) is 0.364. The maximum Gasteiger partial charge on any atom is 0.108 e. The Kier molecular flexibility index (Phi) is 4.14. The van der Waals surface area contributed by atoms with Crippen LogP contribution in [-0.4, -0.2) is 9.97 Å². The van der Waals surface area contributed by atoms with Gasteiger partial charge in [0.1, 0.15) is 4.60 Å². The molecule has 0 aromatic carbocycles. The lowest BCUT2D eigenvalue weighted by atomic mass is 10.2. The number of nitrogens with one attached hydrogen (secondary N) is 1. The molecule has 0 aliphatic heterocycles. The van der Waals surface area contributed by atoms with Gasteiger partial charge in [-0.25, -0.2) is 4.98 Å². The minimum atomic E-state index is 0.875. The highest BCUT2D eigenvalue weighted by molar-refractivity contribution is 9.10. The molecule has 0 spiro atoms. The number of aromatic nitrogens is 2. The van der Waals surface area contributed by atoms with Crippen molar-refractivity contribution in [2.75, 3.05) is 0 Å². The number of hydrogen-bond donors (Lipinski definition) is 1. The van der Waals surface area contributed by atoms with Crippen molar-refractivity contribution < 1.29 is 0 Å².